The zero-order valence-electron chi connectivity index (χ0n) is 6.52. The fraction of sp³-hybridized carbons (Fsp3) is 1.00. The van der Waals surface area contributed by atoms with Gasteiger partial charge in [-0.1, -0.05) is 0 Å². The van der Waals surface area contributed by atoms with Gasteiger partial charge in [0.05, 0.1) is 23.7 Å². The Kier molecular flexibility index (Phi) is 1.13. The van der Waals surface area contributed by atoms with Gasteiger partial charge in [-0.05, 0) is 0 Å². The summed E-state index contributed by atoms with van der Waals surface area (Å²) in [6.45, 7) is 1.22. The summed E-state index contributed by atoms with van der Waals surface area (Å²) >= 11 is 0. The molecule has 2 aliphatic heterocycles. The monoisotopic (exact) mass is 190 g/mol. The molecule has 12 heavy (non-hydrogen) atoms. The van der Waals surface area contributed by atoms with E-state index in [0.717, 1.165) is 0 Å². The number of hydrogen-bond donors (Lipinski definition) is 0. The molecular weight excluding hydrogens is 180 g/mol. The van der Waals surface area contributed by atoms with Crippen molar-refractivity contribution in [3.8, 4) is 0 Å². The minimum Gasteiger partial charge on any atom is -0.347 e. The van der Waals surface area contributed by atoms with Crippen LogP contribution >= 0.6 is 0 Å². The summed E-state index contributed by atoms with van der Waals surface area (Å²) in [7, 11) is -2.72. The second-order valence-electron chi connectivity index (χ2n) is 3.68. The molecule has 4 nitrogen and oxygen atoms in total. The average molecular weight is 190 g/mol. The molecule has 2 unspecified atom stereocenters. The standard InChI is InChI=1S/C7H10O4S/c8-12(9)5-3-7(4-6(5)12)10-1-2-11-7/h5-6H,1-4H2. The van der Waals surface area contributed by atoms with E-state index in [-0.39, 0.29) is 10.5 Å². The van der Waals surface area contributed by atoms with Crippen molar-refractivity contribution in [1.29, 1.82) is 0 Å². The van der Waals surface area contributed by atoms with Gasteiger partial charge in [-0.15, -0.1) is 0 Å². The summed E-state index contributed by atoms with van der Waals surface area (Å²) in [6.07, 6.45) is 1.11. The Labute approximate surface area is 70.8 Å². The van der Waals surface area contributed by atoms with Gasteiger partial charge in [0.15, 0.2) is 15.6 Å². The Hall–Kier alpha value is -0.130. The maximum absolute atomic E-state index is 11.1. The van der Waals surface area contributed by atoms with Crippen molar-refractivity contribution in [2.45, 2.75) is 29.1 Å². The lowest BCUT2D eigenvalue weighted by molar-refractivity contribution is -0.150. The fourth-order valence-electron chi connectivity index (χ4n) is 2.31. The fourth-order valence-corrected chi connectivity index (χ4v) is 4.51. The molecule has 1 saturated carbocycles. The second kappa shape index (κ2) is 1.86. The highest BCUT2D eigenvalue weighted by molar-refractivity contribution is 8.00. The summed E-state index contributed by atoms with van der Waals surface area (Å²) in [4.78, 5) is 0. The molecule has 0 aromatic carbocycles. The molecule has 3 rings (SSSR count). The normalized spacial score (nSPS) is 46.3. The van der Waals surface area contributed by atoms with Crippen LogP contribution in [-0.2, 0) is 19.3 Å². The van der Waals surface area contributed by atoms with E-state index >= 15 is 0 Å². The molecule has 0 N–H and O–H groups in total. The van der Waals surface area contributed by atoms with Crippen LogP contribution in [-0.4, -0.2) is 37.9 Å². The largest absolute Gasteiger partial charge is 0.347 e. The lowest BCUT2D eigenvalue weighted by Crippen LogP contribution is -2.29. The van der Waals surface area contributed by atoms with Gasteiger partial charge in [0, 0.05) is 12.8 Å². The Morgan fingerprint density at radius 2 is 1.58 bits per heavy atom. The number of hydrogen-bond acceptors (Lipinski definition) is 4. The van der Waals surface area contributed by atoms with Crippen molar-refractivity contribution in [2.75, 3.05) is 13.2 Å². The summed E-state index contributed by atoms with van der Waals surface area (Å²) < 4.78 is 33.1. The molecule has 68 valence electrons. The SMILES string of the molecule is O=S1(=O)C2CC3(CC21)OCCO3. The van der Waals surface area contributed by atoms with Crippen LogP contribution in [0.4, 0.5) is 0 Å². The number of ether oxygens (including phenoxy) is 2. The van der Waals surface area contributed by atoms with E-state index in [1.807, 2.05) is 0 Å². The van der Waals surface area contributed by atoms with Crippen LogP contribution in [0.25, 0.3) is 0 Å². The van der Waals surface area contributed by atoms with Crippen molar-refractivity contribution in [3.63, 3.8) is 0 Å². The van der Waals surface area contributed by atoms with Gasteiger partial charge in [-0.2, -0.15) is 0 Å². The van der Waals surface area contributed by atoms with Crippen LogP contribution in [0.3, 0.4) is 0 Å². The smallest absolute Gasteiger partial charge is 0.171 e. The van der Waals surface area contributed by atoms with E-state index < -0.39 is 15.6 Å². The zero-order valence-corrected chi connectivity index (χ0v) is 7.34. The van der Waals surface area contributed by atoms with Crippen LogP contribution in [0.1, 0.15) is 12.8 Å². The second-order valence-corrected chi connectivity index (χ2v) is 6.07. The molecule has 0 aromatic heterocycles. The van der Waals surface area contributed by atoms with Crippen molar-refractivity contribution >= 4 is 9.84 Å². The predicted octanol–water partition coefficient (Wildman–Crippen LogP) is -0.311. The Morgan fingerprint density at radius 1 is 1.08 bits per heavy atom. The first-order chi connectivity index (χ1) is 5.64. The molecule has 1 aliphatic carbocycles. The highest BCUT2D eigenvalue weighted by Gasteiger charge is 2.69. The van der Waals surface area contributed by atoms with Gasteiger partial charge in [-0.25, -0.2) is 8.42 Å². The van der Waals surface area contributed by atoms with E-state index in [1.54, 1.807) is 0 Å². The van der Waals surface area contributed by atoms with E-state index in [4.69, 9.17) is 9.47 Å². The zero-order chi connectivity index (χ0) is 8.40. The first-order valence-corrected chi connectivity index (χ1v) is 5.76. The van der Waals surface area contributed by atoms with Crippen LogP contribution in [0.2, 0.25) is 0 Å². The van der Waals surface area contributed by atoms with Gasteiger partial charge in [-0.3, -0.25) is 0 Å². The number of rotatable bonds is 0. The maximum Gasteiger partial charge on any atom is 0.171 e. The summed E-state index contributed by atoms with van der Waals surface area (Å²) in [5.74, 6) is -0.513. The quantitative estimate of drug-likeness (QED) is 0.492. The van der Waals surface area contributed by atoms with E-state index in [2.05, 4.69) is 0 Å². The van der Waals surface area contributed by atoms with E-state index in [1.165, 1.54) is 0 Å². The molecule has 0 aromatic rings. The van der Waals surface area contributed by atoms with Gasteiger partial charge in [0.1, 0.15) is 0 Å². The Morgan fingerprint density at radius 3 is 2.08 bits per heavy atom. The highest BCUT2D eigenvalue weighted by atomic mass is 32.2. The molecule has 3 fully saturated rings. The third-order valence-electron chi connectivity index (χ3n) is 3.02. The summed E-state index contributed by atoms with van der Waals surface area (Å²) in [6, 6.07) is 0. The van der Waals surface area contributed by atoms with Gasteiger partial charge < -0.3 is 9.47 Å². The molecule has 3 aliphatic rings. The average Bonchev–Trinajstić information content (AvgIpc) is 2.50. The minimum atomic E-state index is -2.72. The topological polar surface area (TPSA) is 52.6 Å². The molecule has 2 heterocycles. The molecule has 5 heteroatoms. The third kappa shape index (κ3) is 0.719. The van der Waals surface area contributed by atoms with Crippen LogP contribution in [0.5, 0.6) is 0 Å². The lowest BCUT2D eigenvalue weighted by Gasteiger charge is -2.22. The van der Waals surface area contributed by atoms with Crippen molar-refractivity contribution in [2.24, 2.45) is 0 Å². The lowest BCUT2D eigenvalue weighted by atomic mass is 10.2. The van der Waals surface area contributed by atoms with E-state index in [0.29, 0.717) is 26.1 Å². The highest BCUT2D eigenvalue weighted by Crippen LogP contribution is 2.53. The predicted molar refractivity (Wildman–Crippen MR) is 40.4 cm³/mol. The minimum absolute atomic E-state index is 0.157. The number of fused-ring (bicyclic) bond motifs is 1. The van der Waals surface area contributed by atoms with Crippen LogP contribution in [0.15, 0.2) is 0 Å². The molecule has 0 radical (unpaired) electrons. The van der Waals surface area contributed by atoms with Crippen molar-refractivity contribution in [1.82, 2.24) is 0 Å². The number of sulfone groups is 1. The Balaban J connectivity index is 1.85. The molecule has 2 saturated heterocycles. The van der Waals surface area contributed by atoms with Crippen molar-refractivity contribution < 1.29 is 17.9 Å². The van der Waals surface area contributed by atoms with Crippen molar-refractivity contribution in [3.05, 3.63) is 0 Å². The van der Waals surface area contributed by atoms with Gasteiger partial charge in [0.25, 0.3) is 0 Å². The van der Waals surface area contributed by atoms with Crippen LogP contribution in [0, 0.1) is 0 Å². The Bertz CT molecular complexity index is 294. The van der Waals surface area contributed by atoms with Crippen LogP contribution < -0.4 is 0 Å². The summed E-state index contributed by atoms with van der Waals surface area (Å²) in [5, 5.41) is -0.314. The van der Waals surface area contributed by atoms with E-state index in [9.17, 15) is 8.42 Å². The molecular formula is C7H10O4S. The first kappa shape index (κ1) is 7.29. The summed E-state index contributed by atoms with van der Waals surface area (Å²) in [5.41, 5.74) is 0. The van der Waals surface area contributed by atoms with Gasteiger partial charge >= 0.3 is 0 Å². The third-order valence-corrected chi connectivity index (χ3v) is 5.38. The maximum atomic E-state index is 11.1. The molecule has 1 spiro atoms. The first-order valence-electron chi connectivity index (χ1n) is 4.15. The molecule has 2 atom stereocenters. The van der Waals surface area contributed by atoms with Gasteiger partial charge in [0.2, 0.25) is 0 Å². The molecule has 0 amide bonds. The molecule has 0 bridgehead atoms.